The minimum Gasteiger partial charge on any atom is -0.207 e. The van der Waals surface area contributed by atoms with E-state index in [0.717, 1.165) is 17.6 Å². The molecule has 0 aromatic heterocycles. The van der Waals surface area contributed by atoms with Gasteiger partial charge in [0.1, 0.15) is 5.82 Å². The lowest BCUT2D eigenvalue weighted by molar-refractivity contribution is 0.610. The highest BCUT2D eigenvalue weighted by molar-refractivity contribution is 5.24. The Morgan fingerprint density at radius 1 is 1.50 bits per heavy atom. The molecule has 0 aliphatic rings. The lowest BCUT2D eigenvalue weighted by Gasteiger charge is -2.11. The molecule has 0 N–H and O–H groups in total. The van der Waals surface area contributed by atoms with E-state index in [0.29, 0.717) is 11.5 Å². The van der Waals surface area contributed by atoms with E-state index in [9.17, 15) is 4.39 Å². The van der Waals surface area contributed by atoms with E-state index < -0.39 is 0 Å². The van der Waals surface area contributed by atoms with Crippen molar-refractivity contribution in [2.24, 2.45) is 5.92 Å². The minimum atomic E-state index is -0.114. The molecule has 1 aromatic rings. The second-order valence-corrected chi connectivity index (χ2v) is 4.04. The maximum atomic E-state index is 13.2. The van der Waals surface area contributed by atoms with Crippen molar-refractivity contribution in [2.75, 3.05) is 0 Å². The van der Waals surface area contributed by atoms with Crippen LogP contribution in [0.1, 0.15) is 25.0 Å². The van der Waals surface area contributed by atoms with Gasteiger partial charge in [-0.2, -0.15) is 0 Å². The zero-order valence-electron chi connectivity index (χ0n) is 9.10. The van der Waals surface area contributed by atoms with Gasteiger partial charge in [0, 0.05) is 0 Å². The highest BCUT2D eigenvalue weighted by Crippen LogP contribution is 2.17. The molecule has 1 aromatic carbocycles. The smallest absolute Gasteiger partial charge is 0.126 e. The van der Waals surface area contributed by atoms with Crippen molar-refractivity contribution in [3.8, 4) is 0 Å². The Bertz CT molecular complexity index is 339. The van der Waals surface area contributed by atoms with Crippen molar-refractivity contribution in [3.05, 3.63) is 47.3 Å². The van der Waals surface area contributed by atoms with Crippen molar-refractivity contribution in [3.63, 3.8) is 0 Å². The third-order valence-corrected chi connectivity index (χ3v) is 2.62. The average Bonchev–Trinajstić information content (AvgIpc) is 2.11. The van der Waals surface area contributed by atoms with Crippen LogP contribution >= 0.6 is 0 Å². The first-order chi connectivity index (χ1) is 6.50. The molecule has 0 saturated carbocycles. The third kappa shape index (κ3) is 2.69. The first kappa shape index (κ1) is 11.0. The largest absolute Gasteiger partial charge is 0.207 e. The number of hydrogen-bond acceptors (Lipinski definition) is 0. The summed E-state index contributed by atoms with van der Waals surface area (Å²) in [7, 11) is 0. The van der Waals surface area contributed by atoms with E-state index in [1.807, 2.05) is 19.1 Å². The molecule has 1 heteroatoms. The van der Waals surface area contributed by atoms with Gasteiger partial charge in [-0.05, 0) is 43.4 Å². The highest BCUT2D eigenvalue weighted by atomic mass is 19.1. The molecule has 1 rings (SSSR count). The molecular weight excluding hydrogens is 175 g/mol. The summed E-state index contributed by atoms with van der Waals surface area (Å²) in [4.78, 5) is 0. The van der Waals surface area contributed by atoms with Crippen LogP contribution in [0.5, 0.6) is 0 Å². The predicted octanol–water partition coefficient (Wildman–Crippen LogP) is 3.89. The van der Waals surface area contributed by atoms with Crippen LogP contribution in [0, 0.1) is 18.7 Å². The van der Waals surface area contributed by atoms with Gasteiger partial charge in [0.2, 0.25) is 0 Å². The summed E-state index contributed by atoms with van der Waals surface area (Å²) in [5.41, 5.74) is 2.89. The third-order valence-electron chi connectivity index (χ3n) is 2.62. The van der Waals surface area contributed by atoms with Crippen molar-refractivity contribution >= 4 is 0 Å². The summed E-state index contributed by atoms with van der Waals surface area (Å²) in [5.74, 6) is 0.300. The Morgan fingerprint density at radius 3 is 2.64 bits per heavy atom. The zero-order chi connectivity index (χ0) is 10.7. The molecule has 0 amide bonds. The Hall–Kier alpha value is -1.11. The quantitative estimate of drug-likeness (QED) is 0.637. The molecule has 0 aliphatic carbocycles. The Labute approximate surface area is 85.5 Å². The first-order valence-corrected chi connectivity index (χ1v) is 4.91. The fourth-order valence-electron chi connectivity index (χ4n) is 1.29. The van der Waals surface area contributed by atoms with Crippen LogP contribution in [0.25, 0.3) is 0 Å². The molecule has 0 nitrogen and oxygen atoms in total. The van der Waals surface area contributed by atoms with Gasteiger partial charge in [-0.3, -0.25) is 0 Å². The molecule has 1 atom stereocenters. The fraction of sp³-hybridized carbons (Fsp3) is 0.385. The van der Waals surface area contributed by atoms with E-state index in [-0.39, 0.29) is 5.82 Å². The molecule has 1 unspecified atom stereocenters. The van der Waals surface area contributed by atoms with Crippen molar-refractivity contribution in [2.45, 2.75) is 27.2 Å². The number of benzene rings is 1. The molecule has 0 bridgehead atoms. The van der Waals surface area contributed by atoms with Crippen LogP contribution in [-0.2, 0) is 6.42 Å². The summed E-state index contributed by atoms with van der Waals surface area (Å²) in [6.45, 7) is 9.80. The molecule has 0 saturated heterocycles. The van der Waals surface area contributed by atoms with Gasteiger partial charge < -0.3 is 0 Å². The van der Waals surface area contributed by atoms with E-state index in [4.69, 9.17) is 0 Å². The molecule has 0 fully saturated rings. The zero-order valence-corrected chi connectivity index (χ0v) is 9.10. The summed E-state index contributed by atoms with van der Waals surface area (Å²) in [6.07, 6.45) is 0.868. The Morgan fingerprint density at radius 2 is 2.14 bits per heavy atom. The Kier molecular flexibility index (Phi) is 3.45. The second-order valence-electron chi connectivity index (χ2n) is 4.04. The van der Waals surface area contributed by atoms with Crippen LogP contribution in [0.2, 0.25) is 0 Å². The fourth-order valence-corrected chi connectivity index (χ4v) is 1.29. The van der Waals surface area contributed by atoms with E-state index in [2.05, 4.69) is 13.5 Å². The maximum absolute atomic E-state index is 13.2. The van der Waals surface area contributed by atoms with Gasteiger partial charge >= 0.3 is 0 Å². The number of aryl methyl sites for hydroxylation is 1. The summed E-state index contributed by atoms with van der Waals surface area (Å²) < 4.78 is 13.2. The highest BCUT2D eigenvalue weighted by Gasteiger charge is 2.05. The monoisotopic (exact) mass is 192 g/mol. The number of rotatable bonds is 3. The lowest BCUT2D eigenvalue weighted by atomic mass is 9.95. The van der Waals surface area contributed by atoms with Gasteiger partial charge in [-0.15, -0.1) is 0 Å². The molecule has 0 aliphatic heterocycles. The normalized spacial score (nSPS) is 12.6. The topological polar surface area (TPSA) is 0 Å². The molecule has 14 heavy (non-hydrogen) atoms. The predicted molar refractivity (Wildman–Crippen MR) is 58.8 cm³/mol. The van der Waals surface area contributed by atoms with Crippen LogP contribution in [0.3, 0.4) is 0 Å². The minimum absolute atomic E-state index is 0.114. The number of hydrogen-bond donors (Lipinski definition) is 0. The van der Waals surface area contributed by atoms with Crippen LogP contribution in [-0.4, -0.2) is 0 Å². The van der Waals surface area contributed by atoms with Crippen molar-refractivity contribution in [1.82, 2.24) is 0 Å². The van der Waals surface area contributed by atoms with Crippen LogP contribution < -0.4 is 0 Å². The van der Waals surface area contributed by atoms with Gasteiger partial charge in [0.15, 0.2) is 0 Å². The molecule has 0 heterocycles. The van der Waals surface area contributed by atoms with Crippen LogP contribution in [0.15, 0.2) is 30.4 Å². The maximum Gasteiger partial charge on any atom is 0.126 e. The molecule has 76 valence electrons. The summed E-state index contributed by atoms with van der Waals surface area (Å²) in [5, 5.41) is 0. The van der Waals surface area contributed by atoms with Crippen molar-refractivity contribution in [1.29, 1.82) is 0 Å². The average molecular weight is 192 g/mol. The van der Waals surface area contributed by atoms with Crippen LogP contribution in [0.4, 0.5) is 4.39 Å². The molecule has 0 radical (unpaired) electrons. The number of halogens is 1. The SMILES string of the molecule is C=C(C)C(C)Cc1ccc(C)c(F)c1. The van der Waals surface area contributed by atoms with E-state index >= 15 is 0 Å². The van der Waals surface area contributed by atoms with Crippen molar-refractivity contribution < 1.29 is 4.39 Å². The van der Waals surface area contributed by atoms with Gasteiger partial charge in [-0.25, -0.2) is 4.39 Å². The van der Waals surface area contributed by atoms with E-state index in [1.165, 1.54) is 0 Å². The summed E-state index contributed by atoms with van der Waals surface area (Å²) in [6, 6.07) is 5.43. The first-order valence-electron chi connectivity index (χ1n) is 4.91. The standard InChI is InChI=1S/C13H17F/c1-9(2)11(4)7-12-6-5-10(3)13(14)8-12/h5-6,8,11H,1,7H2,2-4H3. The van der Waals surface area contributed by atoms with Gasteiger partial charge in [0.25, 0.3) is 0 Å². The number of allylic oxidation sites excluding steroid dienone is 1. The molecular formula is C13H17F. The summed E-state index contributed by atoms with van der Waals surface area (Å²) >= 11 is 0. The second kappa shape index (κ2) is 4.41. The Balaban J connectivity index is 2.78. The van der Waals surface area contributed by atoms with Gasteiger partial charge in [-0.1, -0.05) is 31.2 Å². The van der Waals surface area contributed by atoms with E-state index in [1.54, 1.807) is 13.0 Å². The lowest BCUT2D eigenvalue weighted by Crippen LogP contribution is -2.01. The van der Waals surface area contributed by atoms with Gasteiger partial charge in [0.05, 0.1) is 0 Å². The molecule has 0 spiro atoms.